The summed E-state index contributed by atoms with van der Waals surface area (Å²) in [5, 5.41) is 0. The molecule has 1 nitrogen and oxygen atoms in total. The smallest absolute Gasteiger partial charge is 0.168 e. The molecule has 0 amide bonds. The Morgan fingerprint density at radius 1 is 0.611 bits per heavy atom. The third-order valence-corrected chi connectivity index (χ3v) is 3.55. The van der Waals surface area contributed by atoms with Gasteiger partial charge in [-0.3, -0.25) is 0 Å². The second-order valence-electron chi connectivity index (χ2n) is 5.30. The minimum atomic E-state index is 1.18. The molecule has 0 unspecified atom stereocenters. The van der Waals surface area contributed by atoms with Gasteiger partial charge in [0.15, 0.2) is 12.4 Å². The summed E-state index contributed by atoms with van der Waals surface area (Å²) in [5.74, 6) is 0. The number of hydrogen-bond donors (Lipinski definition) is 0. The van der Waals surface area contributed by atoms with E-state index in [1.165, 1.54) is 70.8 Å². The number of unbranched alkanes of at least 4 members (excludes halogenated alkanes) is 9. The molecule has 1 heterocycles. The maximum atomic E-state index is 2.28. The average Bonchev–Trinajstić information content (AvgIpc) is 2.42. The lowest BCUT2D eigenvalue weighted by Gasteiger charge is -2.01. The van der Waals surface area contributed by atoms with Crippen LogP contribution in [0.15, 0.2) is 30.6 Å². The van der Waals surface area contributed by atoms with Crippen LogP contribution in [0.25, 0.3) is 0 Å². The van der Waals surface area contributed by atoms with Crippen molar-refractivity contribution in [3.8, 4) is 0 Å². The van der Waals surface area contributed by atoms with Crippen molar-refractivity contribution in [2.45, 2.75) is 77.7 Å². The van der Waals surface area contributed by atoms with Crippen LogP contribution in [-0.4, -0.2) is 0 Å². The zero-order valence-electron chi connectivity index (χ0n) is 12.1. The van der Waals surface area contributed by atoms with Gasteiger partial charge in [0.25, 0.3) is 0 Å². The van der Waals surface area contributed by atoms with Crippen LogP contribution in [0.5, 0.6) is 0 Å². The predicted molar refractivity (Wildman–Crippen MR) is 78.5 cm³/mol. The summed E-state index contributed by atoms with van der Waals surface area (Å²) >= 11 is 0. The fourth-order valence-corrected chi connectivity index (χ4v) is 2.37. The van der Waals surface area contributed by atoms with Crippen molar-refractivity contribution in [3.63, 3.8) is 0 Å². The largest absolute Gasteiger partial charge is 0.205 e. The van der Waals surface area contributed by atoms with Gasteiger partial charge in [0, 0.05) is 18.6 Å². The molecule has 18 heavy (non-hydrogen) atoms. The first-order chi connectivity index (χ1) is 8.93. The van der Waals surface area contributed by atoms with Gasteiger partial charge < -0.3 is 0 Å². The van der Waals surface area contributed by atoms with Crippen molar-refractivity contribution < 1.29 is 4.57 Å². The van der Waals surface area contributed by atoms with E-state index in [2.05, 4.69) is 42.1 Å². The normalized spacial score (nSPS) is 10.7. The fourth-order valence-electron chi connectivity index (χ4n) is 2.37. The number of pyridine rings is 1. The zero-order valence-corrected chi connectivity index (χ0v) is 12.1. The summed E-state index contributed by atoms with van der Waals surface area (Å²) in [6.45, 7) is 3.46. The lowest BCUT2D eigenvalue weighted by Crippen LogP contribution is -2.32. The van der Waals surface area contributed by atoms with Crippen LogP contribution in [0, 0.1) is 0 Å². The second-order valence-corrected chi connectivity index (χ2v) is 5.30. The first-order valence-electron chi connectivity index (χ1n) is 7.87. The molecule has 0 radical (unpaired) electrons. The topological polar surface area (TPSA) is 3.88 Å². The number of hydrogen-bond acceptors (Lipinski definition) is 0. The molecule has 0 aliphatic rings. The number of rotatable bonds is 11. The molecular weight excluding hydrogens is 218 g/mol. The Hall–Kier alpha value is -0.850. The van der Waals surface area contributed by atoms with Crippen LogP contribution in [0.2, 0.25) is 0 Å². The van der Waals surface area contributed by atoms with Crippen molar-refractivity contribution >= 4 is 0 Å². The van der Waals surface area contributed by atoms with E-state index in [1.54, 1.807) is 0 Å². The van der Waals surface area contributed by atoms with E-state index in [-0.39, 0.29) is 0 Å². The minimum Gasteiger partial charge on any atom is -0.205 e. The van der Waals surface area contributed by atoms with E-state index in [9.17, 15) is 0 Å². The van der Waals surface area contributed by atoms with E-state index in [1.807, 2.05) is 0 Å². The first-order valence-corrected chi connectivity index (χ1v) is 7.87. The van der Waals surface area contributed by atoms with Crippen molar-refractivity contribution in [1.82, 2.24) is 0 Å². The molecule has 0 saturated heterocycles. The van der Waals surface area contributed by atoms with Crippen molar-refractivity contribution in [3.05, 3.63) is 30.6 Å². The van der Waals surface area contributed by atoms with Crippen LogP contribution in [0.4, 0.5) is 0 Å². The van der Waals surface area contributed by atoms with Crippen LogP contribution in [0.3, 0.4) is 0 Å². The summed E-state index contributed by atoms with van der Waals surface area (Å²) in [5.41, 5.74) is 0. The number of aryl methyl sites for hydroxylation is 1. The lowest BCUT2D eigenvalue weighted by atomic mass is 10.1. The lowest BCUT2D eigenvalue weighted by molar-refractivity contribution is -0.697. The highest BCUT2D eigenvalue weighted by molar-refractivity contribution is 4.83. The summed E-state index contributed by atoms with van der Waals surface area (Å²) in [6.07, 6.45) is 18.5. The Balaban J connectivity index is 1.82. The molecular formula is C17H30N+. The second kappa shape index (κ2) is 11.3. The van der Waals surface area contributed by atoms with E-state index in [0.717, 1.165) is 0 Å². The Labute approximate surface area is 113 Å². The van der Waals surface area contributed by atoms with Gasteiger partial charge in [-0.2, -0.15) is 0 Å². The van der Waals surface area contributed by atoms with Crippen LogP contribution >= 0.6 is 0 Å². The maximum Gasteiger partial charge on any atom is 0.168 e. The Morgan fingerprint density at radius 3 is 1.67 bits per heavy atom. The SMILES string of the molecule is CCCCCCCCCCCC[n+]1ccccc1. The Kier molecular flexibility index (Phi) is 9.51. The number of aromatic nitrogens is 1. The highest BCUT2D eigenvalue weighted by Crippen LogP contribution is 2.10. The van der Waals surface area contributed by atoms with Crippen molar-refractivity contribution in [2.75, 3.05) is 0 Å². The van der Waals surface area contributed by atoms with Gasteiger partial charge in [-0.1, -0.05) is 64.4 Å². The summed E-state index contributed by atoms with van der Waals surface area (Å²) in [6, 6.07) is 6.29. The molecule has 0 N–H and O–H groups in total. The molecule has 0 aliphatic heterocycles. The monoisotopic (exact) mass is 248 g/mol. The summed E-state index contributed by atoms with van der Waals surface area (Å²) in [4.78, 5) is 0. The van der Waals surface area contributed by atoms with E-state index < -0.39 is 0 Å². The summed E-state index contributed by atoms with van der Waals surface area (Å²) < 4.78 is 2.28. The maximum absolute atomic E-state index is 2.28. The van der Waals surface area contributed by atoms with E-state index in [4.69, 9.17) is 0 Å². The van der Waals surface area contributed by atoms with E-state index >= 15 is 0 Å². The van der Waals surface area contributed by atoms with Crippen LogP contribution < -0.4 is 4.57 Å². The van der Waals surface area contributed by atoms with Gasteiger partial charge in [0.2, 0.25) is 0 Å². The highest BCUT2D eigenvalue weighted by Gasteiger charge is 1.97. The van der Waals surface area contributed by atoms with Crippen molar-refractivity contribution in [1.29, 1.82) is 0 Å². The fraction of sp³-hybridized carbons (Fsp3) is 0.706. The molecule has 0 spiro atoms. The molecule has 0 aliphatic carbocycles. The molecule has 0 fully saturated rings. The van der Waals surface area contributed by atoms with Gasteiger partial charge in [0.1, 0.15) is 6.54 Å². The molecule has 1 aromatic heterocycles. The molecule has 0 aromatic carbocycles. The van der Waals surface area contributed by atoms with Gasteiger partial charge in [-0.05, 0) is 6.42 Å². The average molecular weight is 248 g/mol. The molecule has 0 atom stereocenters. The third-order valence-electron chi connectivity index (χ3n) is 3.55. The Bertz CT molecular complexity index is 268. The molecule has 0 bridgehead atoms. The zero-order chi connectivity index (χ0) is 12.9. The molecule has 0 saturated carbocycles. The van der Waals surface area contributed by atoms with E-state index in [0.29, 0.717) is 0 Å². The quantitative estimate of drug-likeness (QED) is 0.387. The van der Waals surface area contributed by atoms with Gasteiger partial charge in [0.05, 0.1) is 0 Å². The minimum absolute atomic E-state index is 1.18. The van der Waals surface area contributed by atoms with Gasteiger partial charge in [-0.25, -0.2) is 4.57 Å². The van der Waals surface area contributed by atoms with Crippen LogP contribution in [0.1, 0.15) is 71.1 Å². The first kappa shape index (κ1) is 15.2. The molecule has 1 aromatic rings. The molecule has 1 rings (SSSR count). The summed E-state index contributed by atoms with van der Waals surface area (Å²) in [7, 11) is 0. The Morgan fingerprint density at radius 2 is 1.11 bits per heavy atom. The number of nitrogens with zero attached hydrogens (tertiary/aromatic N) is 1. The van der Waals surface area contributed by atoms with Gasteiger partial charge in [-0.15, -0.1) is 0 Å². The molecule has 1 heteroatoms. The van der Waals surface area contributed by atoms with Crippen molar-refractivity contribution in [2.24, 2.45) is 0 Å². The van der Waals surface area contributed by atoms with Gasteiger partial charge >= 0.3 is 0 Å². The third kappa shape index (κ3) is 8.27. The molecule has 102 valence electrons. The highest BCUT2D eigenvalue weighted by atomic mass is 14.9. The predicted octanol–water partition coefficient (Wildman–Crippen LogP) is 4.90. The van der Waals surface area contributed by atoms with Crippen LogP contribution in [-0.2, 0) is 6.54 Å². The standard InChI is InChI=1S/C17H30N/c1-2-3-4-5-6-7-8-9-10-12-15-18-16-13-11-14-17-18/h11,13-14,16-17H,2-10,12,15H2,1H3/q+1.